The van der Waals surface area contributed by atoms with Gasteiger partial charge in [-0.05, 0) is 5.56 Å². The molecule has 0 saturated carbocycles. The number of rotatable bonds is 4. The number of hydrogen-bond acceptors (Lipinski definition) is 2. The number of ether oxygens (including phenoxy) is 1. The highest BCUT2D eigenvalue weighted by molar-refractivity contribution is 6.36. The molecule has 0 atom stereocenters. The highest BCUT2D eigenvalue weighted by atomic mass is 35.5. The van der Waals surface area contributed by atoms with E-state index in [1.54, 1.807) is 0 Å². The third-order valence-electron chi connectivity index (χ3n) is 1.63. The molecule has 2 nitrogen and oxygen atoms in total. The maximum absolute atomic E-state index is 11.1. The summed E-state index contributed by atoms with van der Waals surface area (Å²) in [5.41, 5.74) is 0.932. The lowest BCUT2D eigenvalue weighted by Crippen LogP contribution is -2.01. The lowest BCUT2D eigenvalue weighted by Gasteiger charge is -2.01. The third-order valence-corrected chi connectivity index (χ3v) is 2.29. The van der Waals surface area contributed by atoms with Crippen LogP contribution >= 0.6 is 23.2 Å². The number of hydrogen-bond donors (Lipinski definition) is 0. The van der Waals surface area contributed by atoms with Crippen LogP contribution in [-0.2, 0) is 16.1 Å². The Morgan fingerprint density at radius 1 is 1.33 bits per heavy atom. The number of benzene rings is 1. The summed E-state index contributed by atoms with van der Waals surface area (Å²) in [6, 6.07) is 9.41. The van der Waals surface area contributed by atoms with Crippen molar-refractivity contribution in [1.29, 1.82) is 0 Å². The van der Waals surface area contributed by atoms with Crippen molar-refractivity contribution < 1.29 is 9.53 Å². The zero-order chi connectivity index (χ0) is 11.1. The van der Waals surface area contributed by atoms with E-state index in [1.165, 1.54) is 6.08 Å². The molecule has 0 aliphatic rings. The standard InChI is InChI=1S/C11H10Cl2O2/c12-7-10(13)6-11(14)15-8-9-4-2-1-3-5-9/h1-6H,7-8H2/b10-6+. The largest absolute Gasteiger partial charge is 0.458 e. The van der Waals surface area contributed by atoms with E-state index in [0.717, 1.165) is 5.56 Å². The number of alkyl halides is 1. The fourth-order valence-electron chi connectivity index (χ4n) is 0.937. The van der Waals surface area contributed by atoms with Crippen LogP contribution in [0.5, 0.6) is 0 Å². The maximum Gasteiger partial charge on any atom is 0.332 e. The fraction of sp³-hybridized carbons (Fsp3) is 0.182. The predicted octanol–water partition coefficient (Wildman–Crippen LogP) is 3.09. The van der Waals surface area contributed by atoms with E-state index in [4.69, 9.17) is 27.9 Å². The van der Waals surface area contributed by atoms with Crippen molar-refractivity contribution in [2.24, 2.45) is 0 Å². The molecule has 0 fully saturated rings. The molecule has 15 heavy (non-hydrogen) atoms. The monoisotopic (exact) mass is 244 g/mol. The number of carbonyl (C=O) groups excluding carboxylic acids is 1. The van der Waals surface area contributed by atoms with E-state index >= 15 is 0 Å². The topological polar surface area (TPSA) is 26.3 Å². The molecule has 1 rings (SSSR count). The van der Waals surface area contributed by atoms with Crippen molar-refractivity contribution in [3.8, 4) is 0 Å². The SMILES string of the molecule is O=C(/C=C(/Cl)CCl)OCc1ccccc1. The van der Waals surface area contributed by atoms with Crippen LogP contribution in [0.3, 0.4) is 0 Å². The molecule has 80 valence electrons. The van der Waals surface area contributed by atoms with Gasteiger partial charge in [-0.15, -0.1) is 11.6 Å². The molecule has 0 unspecified atom stereocenters. The first kappa shape index (κ1) is 12.1. The Labute approximate surface area is 98.4 Å². The number of esters is 1. The first-order chi connectivity index (χ1) is 7.22. The summed E-state index contributed by atoms with van der Waals surface area (Å²) in [4.78, 5) is 11.1. The average molecular weight is 245 g/mol. The van der Waals surface area contributed by atoms with Crippen LogP contribution in [0.1, 0.15) is 5.56 Å². The van der Waals surface area contributed by atoms with E-state index in [2.05, 4.69) is 0 Å². The van der Waals surface area contributed by atoms with Crippen LogP contribution in [0, 0.1) is 0 Å². The summed E-state index contributed by atoms with van der Waals surface area (Å²) < 4.78 is 4.94. The maximum atomic E-state index is 11.1. The molecule has 0 aromatic heterocycles. The van der Waals surface area contributed by atoms with Gasteiger partial charge < -0.3 is 4.74 Å². The molecule has 1 aromatic rings. The Hall–Kier alpha value is -0.990. The van der Waals surface area contributed by atoms with Crippen molar-refractivity contribution in [3.05, 3.63) is 47.0 Å². The first-order valence-corrected chi connectivity index (χ1v) is 5.26. The van der Waals surface area contributed by atoms with Crippen molar-refractivity contribution in [2.45, 2.75) is 6.61 Å². The Morgan fingerprint density at radius 2 is 2.00 bits per heavy atom. The van der Waals surface area contributed by atoms with Crippen molar-refractivity contribution in [3.63, 3.8) is 0 Å². The molecule has 1 aromatic carbocycles. The molecule has 0 saturated heterocycles. The van der Waals surface area contributed by atoms with Gasteiger partial charge in [0, 0.05) is 11.1 Å². The van der Waals surface area contributed by atoms with E-state index < -0.39 is 5.97 Å². The zero-order valence-corrected chi connectivity index (χ0v) is 9.46. The van der Waals surface area contributed by atoms with E-state index in [9.17, 15) is 4.79 Å². The lowest BCUT2D eigenvalue weighted by atomic mass is 10.2. The van der Waals surface area contributed by atoms with Crippen LogP contribution in [0.2, 0.25) is 0 Å². The minimum atomic E-state index is -0.482. The lowest BCUT2D eigenvalue weighted by molar-refractivity contribution is -0.139. The molecule has 0 aliphatic heterocycles. The minimum absolute atomic E-state index is 0.113. The van der Waals surface area contributed by atoms with Gasteiger partial charge in [-0.2, -0.15) is 0 Å². The Morgan fingerprint density at radius 3 is 2.60 bits per heavy atom. The highest BCUT2D eigenvalue weighted by Gasteiger charge is 2.00. The van der Waals surface area contributed by atoms with Gasteiger partial charge in [0.05, 0.1) is 5.88 Å². The smallest absolute Gasteiger partial charge is 0.332 e. The predicted molar refractivity (Wildman–Crippen MR) is 60.9 cm³/mol. The first-order valence-electron chi connectivity index (χ1n) is 4.35. The van der Waals surface area contributed by atoms with Gasteiger partial charge in [-0.25, -0.2) is 4.79 Å². The summed E-state index contributed by atoms with van der Waals surface area (Å²) in [6.45, 7) is 0.239. The average Bonchev–Trinajstić information content (AvgIpc) is 2.27. The summed E-state index contributed by atoms with van der Waals surface area (Å²) in [7, 11) is 0. The molecule has 0 bridgehead atoms. The molecule has 0 heterocycles. The number of halogens is 2. The molecule has 0 spiro atoms. The Bertz CT molecular complexity index is 347. The van der Waals surface area contributed by atoms with E-state index in [-0.39, 0.29) is 17.5 Å². The molecule has 0 amide bonds. The summed E-state index contributed by atoms with van der Waals surface area (Å²) in [5.74, 6) is -0.369. The van der Waals surface area contributed by atoms with E-state index in [0.29, 0.717) is 0 Å². The Kier molecular flexibility index (Phi) is 5.22. The molecule has 0 radical (unpaired) electrons. The van der Waals surface area contributed by atoms with Gasteiger partial charge in [0.1, 0.15) is 6.61 Å². The zero-order valence-electron chi connectivity index (χ0n) is 7.95. The van der Waals surface area contributed by atoms with Gasteiger partial charge in [0.15, 0.2) is 0 Å². The summed E-state index contributed by atoms with van der Waals surface area (Å²) >= 11 is 11.0. The van der Waals surface area contributed by atoms with Crippen molar-refractivity contribution in [2.75, 3.05) is 5.88 Å². The second-order valence-corrected chi connectivity index (χ2v) is 3.57. The molecule has 0 aliphatic carbocycles. The van der Waals surface area contributed by atoms with Crippen LogP contribution in [0.4, 0.5) is 0 Å². The van der Waals surface area contributed by atoms with Crippen molar-refractivity contribution in [1.82, 2.24) is 0 Å². The highest BCUT2D eigenvalue weighted by Crippen LogP contribution is 2.05. The second kappa shape index (κ2) is 6.49. The summed E-state index contributed by atoms with van der Waals surface area (Å²) in [5, 5.41) is 0.273. The van der Waals surface area contributed by atoms with Gasteiger partial charge >= 0.3 is 5.97 Å². The van der Waals surface area contributed by atoms with Crippen LogP contribution in [-0.4, -0.2) is 11.8 Å². The van der Waals surface area contributed by atoms with Crippen LogP contribution in [0.15, 0.2) is 41.4 Å². The van der Waals surface area contributed by atoms with Gasteiger partial charge in [0.25, 0.3) is 0 Å². The molecular formula is C11H10Cl2O2. The van der Waals surface area contributed by atoms with Crippen molar-refractivity contribution >= 4 is 29.2 Å². The molecular weight excluding hydrogens is 235 g/mol. The molecule has 4 heteroatoms. The minimum Gasteiger partial charge on any atom is -0.458 e. The quantitative estimate of drug-likeness (QED) is 0.463. The normalized spacial score (nSPS) is 11.2. The Balaban J connectivity index is 2.41. The van der Waals surface area contributed by atoms with Crippen LogP contribution < -0.4 is 0 Å². The third kappa shape index (κ3) is 4.86. The fourth-order valence-corrected chi connectivity index (χ4v) is 1.10. The van der Waals surface area contributed by atoms with Crippen LogP contribution in [0.25, 0.3) is 0 Å². The number of carbonyl (C=O) groups is 1. The van der Waals surface area contributed by atoms with E-state index in [1.807, 2.05) is 30.3 Å². The van der Waals surface area contributed by atoms with Gasteiger partial charge in [-0.3, -0.25) is 0 Å². The molecule has 0 N–H and O–H groups in total. The second-order valence-electron chi connectivity index (χ2n) is 2.82. The summed E-state index contributed by atoms with van der Waals surface area (Å²) in [6.07, 6.45) is 1.18. The van der Waals surface area contributed by atoms with Gasteiger partial charge in [0.2, 0.25) is 0 Å². The van der Waals surface area contributed by atoms with Gasteiger partial charge in [-0.1, -0.05) is 41.9 Å². The number of allylic oxidation sites excluding steroid dienone is 1.